The zero-order valence-electron chi connectivity index (χ0n) is 33.0. The molecule has 0 amide bonds. The Kier molecular flexibility index (Phi) is 34.9. The highest BCUT2D eigenvalue weighted by Crippen LogP contribution is 2.48. The first kappa shape index (κ1) is 49.0. The van der Waals surface area contributed by atoms with Crippen LogP contribution in [-0.2, 0) is 37.2 Å². The molecule has 0 rings (SSSR count). The lowest BCUT2D eigenvalue weighted by Gasteiger charge is -2.21. The van der Waals surface area contributed by atoms with Gasteiger partial charge >= 0.3 is 19.8 Å². The van der Waals surface area contributed by atoms with Crippen molar-refractivity contribution in [2.75, 3.05) is 47.6 Å². The highest BCUT2D eigenvalue weighted by atomic mass is 31.2. The number of esters is 2. The molecule has 0 aromatic carbocycles. The van der Waals surface area contributed by atoms with Crippen molar-refractivity contribution >= 4 is 19.8 Å². The minimum absolute atomic E-state index is 0.180. The van der Waals surface area contributed by atoms with E-state index in [1.807, 2.05) is 19.0 Å². The van der Waals surface area contributed by atoms with Crippen molar-refractivity contribution in [3.63, 3.8) is 0 Å². The second kappa shape index (κ2) is 36.3. The quantitative estimate of drug-likeness (QED) is 0.0269. The van der Waals surface area contributed by atoms with Crippen molar-refractivity contribution in [2.45, 2.75) is 155 Å². The molecule has 0 fully saturated rings. The molecule has 0 N–H and O–H groups in total. The van der Waals surface area contributed by atoms with Gasteiger partial charge in [-0.25, -0.2) is 4.57 Å². The normalized spacial score (nSPS) is 14.0. The number of unbranched alkanes of at least 4 members (excludes halogenated alkanes) is 12. The number of allylic oxidation sites excluding steroid dienone is 8. The van der Waals surface area contributed by atoms with E-state index >= 15 is 0 Å². The molecular weight excluding hydrogens is 665 g/mol. The Bertz CT molecular complexity index is 994. The van der Waals surface area contributed by atoms with E-state index in [1.54, 1.807) is 0 Å². The van der Waals surface area contributed by atoms with E-state index in [1.165, 1.54) is 45.6 Å². The average Bonchev–Trinajstić information content (AvgIpc) is 3.11. The third kappa shape index (κ3) is 34.8. The summed E-state index contributed by atoms with van der Waals surface area (Å²) >= 11 is 0. The topological polar surface area (TPSA) is 101 Å². The van der Waals surface area contributed by atoms with Crippen LogP contribution in [-0.4, -0.2) is 70.5 Å². The van der Waals surface area contributed by atoms with E-state index < -0.39 is 19.9 Å². The van der Waals surface area contributed by atoms with Gasteiger partial charge in [0.1, 0.15) is 6.61 Å². The summed E-state index contributed by atoms with van der Waals surface area (Å²) < 4.78 is 40.0. The van der Waals surface area contributed by atoms with E-state index in [2.05, 4.69) is 62.5 Å². The summed E-state index contributed by atoms with van der Waals surface area (Å²) in [6.07, 6.45) is 37.0. The molecule has 51 heavy (non-hydrogen) atoms. The van der Waals surface area contributed by atoms with Crippen LogP contribution in [0.1, 0.15) is 149 Å². The van der Waals surface area contributed by atoms with Gasteiger partial charge in [-0.3, -0.25) is 23.2 Å². The molecule has 0 aliphatic rings. The van der Waals surface area contributed by atoms with Gasteiger partial charge in [-0.2, -0.15) is 0 Å². The van der Waals surface area contributed by atoms with Crippen molar-refractivity contribution in [1.82, 2.24) is 4.90 Å². The predicted octanol–water partition coefficient (Wildman–Crippen LogP) is 11.2. The summed E-state index contributed by atoms with van der Waals surface area (Å²) in [6.45, 7) is 4.84. The molecule has 0 aromatic rings. The van der Waals surface area contributed by atoms with E-state index in [9.17, 15) is 14.2 Å². The summed E-state index contributed by atoms with van der Waals surface area (Å²) in [6, 6.07) is 0. The van der Waals surface area contributed by atoms with Gasteiger partial charge in [-0.05, 0) is 130 Å². The summed E-state index contributed by atoms with van der Waals surface area (Å²) in [7, 11) is 1.25. The van der Waals surface area contributed by atoms with Crippen LogP contribution >= 0.6 is 7.82 Å². The summed E-state index contributed by atoms with van der Waals surface area (Å²) in [4.78, 5) is 27.2. The second-order valence-electron chi connectivity index (χ2n) is 13.2. The fourth-order valence-electron chi connectivity index (χ4n) is 4.88. The van der Waals surface area contributed by atoms with Gasteiger partial charge in [-0.1, -0.05) is 75.3 Å². The molecule has 0 saturated heterocycles. The van der Waals surface area contributed by atoms with Crippen LogP contribution < -0.4 is 0 Å². The molecule has 0 spiro atoms. The molecule has 9 nitrogen and oxygen atoms in total. The molecule has 0 aliphatic carbocycles. The Balaban J connectivity index is 4.60. The first-order valence-electron chi connectivity index (χ1n) is 19.8. The Morgan fingerprint density at radius 2 is 1.02 bits per heavy atom. The average molecular weight is 740 g/mol. The van der Waals surface area contributed by atoms with E-state index in [0.717, 1.165) is 70.8 Å². The van der Waals surface area contributed by atoms with Crippen molar-refractivity contribution in [2.24, 2.45) is 0 Å². The van der Waals surface area contributed by atoms with Gasteiger partial charge < -0.3 is 14.4 Å². The fraction of sp³-hybridized carbons (Fsp3) is 0.756. The molecule has 2 atom stereocenters. The highest BCUT2D eigenvalue weighted by Gasteiger charge is 2.28. The molecule has 0 heterocycles. The SMILES string of the molecule is CCC/C=C\CCCC/C=C\CCCCC(=O)OC[C@H](COP(=O)(OC)OCCCN(C)C)OC(=O)CCCC/C=C\CCCC/C=C\CCC. The molecular formula is C41H74NO8P. The number of carbonyl (C=O) groups is 2. The van der Waals surface area contributed by atoms with Crippen molar-refractivity contribution in [1.29, 1.82) is 0 Å². The van der Waals surface area contributed by atoms with Crippen LogP contribution in [0, 0.1) is 0 Å². The van der Waals surface area contributed by atoms with Gasteiger partial charge in [0, 0.05) is 20.0 Å². The summed E-state index contributed by atoms with van der Waals surface area (Å²) in [5.41, 5.74) is 0. The third-order valence-corrected chi connectivity index (χ3v) is 9.34. The number of hydrogen-bond donors (Lipinski definition) is 0. The number of hydrogen-bond acceptors (Lipinski definition) is 9. The maximum absolute atomic E-state index is 13.0. The van der Waals surface area contributed by atoms with Gasteiger partial charge in [0.2, 0.25) is 0 Å². The smallest absolute Gasteiger partial charge is 0.462 e. The maximum Gasteiger partial charge on any atom is 0.474 e. The largest absolute Gasteiger partial charge is 0.474 e. The lowest BCUT2D eigenvalue weighted by molar-refractivity contribution is -0.161. The third-order valence-electron chi connectivity index (χ3n) is 7.93. The number of phosphoric ester groups is 1. The highest BCUT2D eigenvalue weighted by molar-refractivity contribution is 7.48. The standard InChI is InChI=1S/C41H74NO8P/c1-6-8-10-12-14-16-18-20-22-24-26-28-30-33-40(43)47-37-39(38-49-51(45,46-5)48-36-32-35-42(3)4)50-41(44)34-31-29-27-25-23-21-19-17-15-13-11-9-7-2/h10-13,22-25,39H,6-9,14-21,26-38H2,1-5H3/b12-10-,13-11-,24-22-,25-23-/t39-,51?/m1/s1. The molecule has 0 radical (unpaired) electrons. The number of ether oxygens (including phenoxy) is 2. The second-order valence-corrected chi connectivity index (χ2v) is 15.0. The molecule has 10 heteroatoms. The van der Waals surface area contributed by atoms with Gasteiger partial charge in [0.15, 0.2) is 6.10 Å². The minimum atomic E-state index is -3.87. The lowest BCUT2D eigenvalue weighted by Crippen LogP contribution is -2.29. The molecule has 1 unspecified atom stereocenters. The van der Waals surface area contributed by atoms with Crippen LogP contribution in [0.4, 0.5) is 0 Å². The Hall–Kier alpha value is -2.03. The monoisotopic (exact) mass is 740 g/mol. The zero-order chi connectivity index (χ0) is 37.7. The van der Waals surface area contributed by atoms with E-state index in [0.29, 0.717) is 19.3 Å². The van der Waals surface area contributed by atoms with Crippen LogP contribution in [0.15, 0.2) is 48.6 Å². The molecule has 0 aromatic heterocycles. The fourth-order valence-corrected chi connectivity index (χ4v) is 5.87. The van der Waals surface area contributed by atoms with Gasteiger partial charge in [-0.15, -0.1) is 0 Å². The number of rotatable bonds is 36. The predicted molar refractivity (Wildman–Crippen MR) is 211 cm³/mol. The van der Waals surface area contributed by atoms with Crippen LogP contribution in [0.5, 0.6) is 0 Å². The van der Waals surface area contributed by atoms with Crippen molar-refractivity contribution < 1.29 is 37.2 Å². The van der Waals surface area contributed by atoms with Crippen LogP contribution in [0.25, 0.3) is 0 Å². The van der Waals surface area contributed by atoms with Gasteiger partial charge in [0.25, 0.3) is 0 Å². The molecule has 296 valence electrons. The Morgan fingerprint density at radius 1 is 0.588 bits per heavy atom. The zero-order valence-corrected chi connectivity index (χ0v) is 33.9. The molecule has 0 saturated carbocycles. The minimum Gasteiger partial charge on any atom is -0.462 e. The summed E-state index contributed by atoms with van der Waals surface area (Å²) in [5.74, 6) is -0.788. The van der Waals surface area contributed by atoms with E-state index in [-0.39, 0.29) is 38.6 Å². The van der Waals surface area contributed by atoms with E-state index in [4.69, 9.17) is 23.0 Å². The van der Waals surface area contributed by atoms with Crippen LogP contribution in [0.2, 0.25) is 0 Å². The Morgan fingerprint density at radius 3 is 1.45 bits per heavy atom. The van der Waals surface area contributed by atoms with Crippen molar-refractivity contribution in [3.05, 3.63) is 48.6 Å². The maximum atomic E-state index is 13.0. The summed E-state index contributed by atoms with van der Waals surface area (Å²) in [5, 5.41) is 0. The first-order chi connectivity index (χ1) is 24.8. The first-order valence-corrected chi connectivity index (χ1v) is 21.3. The lowest BCUT2D eigenvalue weighted by atomic mass is 10.1. The number of phosphoric acid groups is 1. The van der Waals surface area contributed by atoms with Crippen molar-refractivity contribution in [3.8, 4) is 0 Å². The Labute approximate surface area is 312 Å². The molecule has 0 bridgehead atoms. The van der Waals surface area contributed by atoms with Gasteiger partial charge in [0.05, 0.1) is 13.2 Å². The van der Waals surface area contributed by atoms with Crippen LogP contribution in [0.3, 0.4) is 0 Å². The number of nitrogens with zero attached hydrogens (tertiary/aromatic N) is 1. The molecule has 0 aliphatic heterocycles. The number of carbonyl (C=O) groups excluding carboxylic acids is 2.